The molecule has 1 N–H and O–H groups in total. The zero-order chi connectivity index (χ0) is 23.1. The van der Waals surface area contributed by atoms with Crippen molar-refractivity contribution in [1.82, 2.24) is 20.0 Å². The maximum absolute atomic E-state index is 13.5. The first kappa shape index (κ1) is 21.7. The van der Waals surface area contributed by atoms with Gasteiger partial charge in [0.15, 0.2) is 0 Å². The van der Waals surface area contributed by atoms with Gasteiger partial charge in [-0.2, -0.15) is 5.10 Å². The third-order valence-corrected chi connectivity index (χ3v) is 7.55. The lowest BCUT2D eigenvalue weighted by atomic mass is 10.1. The Bertz CT molecular complexity index is 1180. The Labute approximate surface area is 197 Å². The number of nitrogens with one attached hydrogen (secondary N) is 1. The van der Waals surface area contributed by atoms with Crippen LogP contribution in [0.1, 0.15) is 35.0 Å². The first-order valence-corrected chi connectivity index (χ1v) is 12.3. The topological polar surface area (TPSA) is 76.5 Å². The van der Waals surface area contributed by atoms with Crippen LogP contribution >= 0.6 is 11.3 Å². The highest BCUT2D eigenvalue weighted by Gasteiger charge is 2.54. The molecule has 0 bridgehead atoms. The molecule has 8 heteroatoms. The lowest BCUT2D eigenvalue weighted by Gasteiger charge is -2.28. The third kappa shape index (κ3) is 4.27. The van der Waals surface area contributed by atoms with Gasteiger partial charge < -0.3 is 15.0 Å². The Morgan fingerprint density at radius 2 is 2.00 bits per heavy atom. The van der Waals surface area contributed by atoms with Crippen LogP contribution in [0, 0.1) is 25.7 Å². The normalized spacial score (nSPS) is 21.1. The molecule has 1 aliphatic heterocycles. The molecule has 3 aromatic rings. The SMILES string of the molecule is CCn1nc(C)cc1OC(=O)NC[C@@H]1[C@H]2C[C@H]2CN1C(=O)c1ccsc1-c1ccc(C)cc1. The van der Waals surface area contributed by atoms with E-state index < -0.39 is 6.09 Å². The van der Waals surface area contributed by atoms with Crippen LogP contribution in [0.15, 0.2) is 41.8 Å². The van der Waals surface area contributed by atoms with Gasteiger partial charge in [0.2, 0.25) is 5.88 Å². The molecule has 1 saturated heterocycles. The van der Waals surface area contributed by atoms with Crippen molar-refractivity contribution in [3.05, 3.63) is 58.6 Å². The van der Waals surface area contributed by atoms with E-state index in [0.717, 1.165) is 34.7 Å². The number of ether oxygens (including phenoxy) is 1. The molecule has 2 fully saturated rings. The standard InChI is InChI=1S/C25H28N4O3S/c1-4-29-22(11-16(3)27-29)32-25(31)26-13-21-20-12-18(20)14-28(21)24(30)19-9-10-33-23(19)17-7-5-15(2)6-8-17/h5-11,18,20-21H,4,12-14H2,1-3H3,(H,26,31)/t18-,20-,21+/m0/s1. The van der Waals surface area contributed by atoms with E-state index in [2.05, 4.69) is 41.6 Å². The predicted molar refractivity (Wildman–Crippen MR) is 128 cm³/mol. The van der Waals surface area contributed by atoms with E-state index in [4.69, 9.17) is 4.74 Å². The van der Waals surface area contributed by atoms with E-state index in [-0.39, 0.29) is 11.9 Å². The molecule has 2 aromatic heterocycles. The molecule has 7 nitrogen and oxygen atoms in total. The number of hydrogen-bond acceptors (Lipinski definition) is 5. The summed E-state index contributed by atoms with van der Waals surface area (Å²) in [5.41, 5.74) is 3.79. The number of hydrogen-bond donors (Lipinski definition) is 1. The van der Waals surface area contributed by atoms with Gasteiger partial charge in [0, 0.05) is 30.6 Å². The minimum atomic E-state index is -0.517. The van der Waals surface area contributed by atoms with Gasteiger partial charge in [0.25, 0.3) is 5.91 Å². The molecule has 1 saturated carbocycles. The van der Waals surface area contributed by atoms with Crippen LogP contribution in [-0.2, 0) is 6.54 Å². The smallest absolute Gasteiger partial charge is 0.392 e. The second kappa shape index (κ2) is 8.67. The highest BCUT2D eigenvalue weighted by molar-refractivity contribution is 7.14. The first-order valence-electron chi connectivity index (χ1n) is 11.4. The van der Waals surface area contributed by atoms with E-state index in [1.807, 2.05) is 30.2 Å². The van der Waals surface area contributed by atoms with Gasteiger partial charge in [0.05, 0.1) is 17.3 Å². The van der Waals surface area contributed by atoms with E-state index in [1.54, 1.807) is 22.1 Å². The quantitative estimate of drug-likeness (QED) is 0.583. The summed E-state index contributed by atoms with van der Waals surface area (Å²) in [6, 6.07) is 11.9. The van der Waals surface area contributed by atoms with Crippen molar-refractivity contribution in [2.24, 2.45) is 11.8 Å². The lowest BCUT2D eigenvalue weighted by Crippen LogP contribution is -2.46. The summed E-state index contributed by atoms with van der Waals surface area (Å²) in [6.07, 6.45) is 0.596. The summed E-state index contributed by atoms with van der Waals surface area (Å²) in [6.45, 7) is 7.61. The number of fused-ring (bicyclic) bond motifs is 1. The van der Waals surface area contributed by atoms with Crippen LogP contribution in [0.4, 0.5) is 4.79 Å². The molecular formula is C25H28N4O3S. The average Bonchev–Trinajstić information content (AvgIpc) is 3.13. The molecule has 2 amide bonds. The molecule has 3 heterocycles. The molecule has 0 radical (unpaired) electrons. The molecular weight excluding hydrogens is 436 g/mol. The van der Waals surface area contributed by atoms with Crippen molar-refractivity contribution >= 4 is 23.3 Å². The van der Waals surface area contributed by atoms with Crippen molar-refractivity contribution < 1.29 is 14.3 Å². The van der Waals surface area contributed by atoms with Crippen LogP contribution in [0.5, 0.6) is 5.88 Å². The lowest BCUT2D eigenvalue weighted by molar-refractivity contribution is 0.0705. The summed E-state index contributed by atoms with van der Waals surface area (Å²) in [5, 5.41) is 9.15. The number of aryl methyl sites for hydroxylation is 3. The predicted octanol–water partition coefficient (Wildman–Crippen LogP) is 4.50. The summed E-state index contributed by atoms with van der Waals surface area (Å²) < 4.78 is 7.12. The highest BCUT2D eigenvalue weighted by Crippen LogP contribution is 2.50. The largest absolute Gasteiger partial charge is 0.414 e. The van der Waals surface area contributed by atoms with Gasteiger partial charge in [-0.1, -0.05) is 29.8 Å². The maximum atomic E-state index is 13.5. The molecule has 0 unspecified atom stereocenters. The molecule has 2 aliphatic rings. The van der Waals surface area contributed by atoms with Gasteiger partial charge in [-0.15, -0.1) is 11.3 Å². The summed E-state index contributed by atoms with van der Waals surface area (Å²) in [5.74, 6) is 1.44. The second-order valence-corrected chi connectivity index (χ2v) is 9.84. The number of likely N-dealkylation sites (tertiary alicyclic amines) is 1. The molecule has 5 rings (SSSR count). The van der Waals surface area contributed by atoms with E-state index in [0.29, 0.717) is 30.8 Å². The minimum absolute atomic E-state index is 0.0151. The van der Waals surface area contributed by atoms with Crippen molar-refractivity contribution in [3.8, 4) is 16.3 Å². The number of carbonyl (C=O) groups excluding carboxylic acids is 2. The average molecular weight is 465 g/mol. The van der Waals surface area contributed by atoms with Crippen molar-refractivity contribution in [1.29, 1.82) is 0 Å². The van der Waals surface area contributed by atoms with E-state index in [9.17, 15) is 9.59 Å². The Hall–Kier alpha value is -3.13. The van der Waals surface area contributed by atoms with Crippen LogP contribution in [0.2, 0.25) is 0 Å². The summed E-state index contributed by atoms with van der Waals surface area (Å²) in [4.78, 5) is 28.9. The fourth-order valence-corrected chi connectivity index (χ4v) is 5.67. The van der Waals surface area contributed by atoms with Crippen molar-refractivity contribution in [3.63, 3.8) is 0 Å². The monoisotopic (exact) mass is 464 g/mol. The number of rotatable bonds is 6. The number of piperidine rings is 1. The number of amides is 2. The molecule has 3 atom stereocenters. The second-order valence-electron chi connectivity index (χ2n) is 8.92. The van der Waals surface area contributed by atoms with Gasteiger partial charge in [-0.05, 0) is 56.0 Å². The van der Waals surface area contributed by atoms with Crippen LogP contribution < -0.4 is 10.1 Å². The number of carbonyl (C=O) groups is 2. The van der Waals surface area contributed by atoms with Crippen molar-refractivity contribution in [2.75, 3.05) is 13.1 Å². The molecule has 1 aliphatic carbocycles. The van der Waals surface area contributed by atoms with Crippen LogP contribution in [0.25, 0.3) is 10.4 Å². The highest BCUT2D eigenvalue weighted by atomic mass is 32.1. The number of thiophene rings is 1. The van der Waals surface area contributed by atoms with Gasteiger partial charge in [-0.3, -0.25) is 4.79 Å². The van der Waals surface area contributed by atoms with E-state index >= 15 is 0 Å². The third-order valence-electron chi connectivity index (χ3n) is 6.59. The zero-order valence-electron chi connectivity index (χ0n) is 19.1. The summed E-state index contributed by atoms with van der Waals surface area (Å²) >= 11 is 1.59. The van der Waals surface area contributed by atoms with Crippen LogP contribution in [-0.4, -0.2) is 45.8 Å². The van der Waals surface area contributed by atoms with Crippen molar-refractivity contribution in [2.45, 2.75) is 39.8 Å². The Kier molecular flexibility index (Phi) is 5.70. The zero-order valence-corrected chi connectivity index (χ0v) is 19.9. The number of benzene rings is 1. The Morgan fingerprint density at radius 1 is 1.21 bits per heavy atom. The van der Waals surface area contributed by atoms with Gasteiger partial charge >= 0.3 is 6.09 Å². The maximum Gasteiger partial charge on any atom is 0.414 e. The van der Waals surface area contributed by atoms with E-state index in [1.165, 1.54) is 5.56 Å². The molecule has 172 valence electrons. The van der Waals surface area contributed by atoms with Gasteiger partial charge in [-0.25, -0.2) is 9.48 Å². The first-order chi connectivity index (χ1) is 15.9. The molecule has 0 spiro atoms. The summed E-state index contributed by atoms with van der Waals surface area (Å²) in [7, 11) is 0. The minimum Gasteiger partial charge on any atom is -0.392 e. The Balaban J connectivity index is 1.27. The fraction of sp³-hybridized carbons (Fsp3) is 0.400. The van der Waals surface area contributed by atoms with Crippen LogP contribution in [0.3, 0.4) is 0 Å². The fourth-order valence-electron chi connectivity index (χ4n) is 4.78. The number of nitrogens with zero attached hydrogens (tertiary/aromatic N) is 3. The number of aromatic nitrogens is 2. The van der Waals surface area contributed by atoms with Gasteiger partial charge in [0.1, 0.15) is 0 Å². The Morgan fingerprint density at radius 3 is 2.76 bits per heavy atom. The molecule has 33 heavy (non-hydrogen) atoms. The molecule has 1 aromatic carbocycles.